The van der Waals surface area contributed by atoms with Gasteiger partial charge >= 0.3 is 5.97 Å². The molecule has 1 unspecified atom stereocenters. The second kappa shape index (κ2) is 5.06. The molecule has 0 radical (unpaired) electrons. The fourth-order valence-electron chi connectivity index (χ4n) is 2.64. The molecule has 0 aliphatic heterocycles. The first-order chi connectivity index (χ1) is 8.65. The SMILES string of the molecule is CCCNC1(C(=O)OC)CCc2c(F)cccc21. The third-order valence-corrected chi connectivity index (χ3v) is 3.54. The minimum Gasteiger partial charge on any atom is -0.467 e. The molecule has 1 aromatic carbocycles. The first-order valence-corrected chi connectivity index (χ1v) is 6.27. The number of benzene rings is 1. The van der Waals surface area contributed by atoms with Gasteiger partial charge in [0.1, 0.15) is 11.4 Å². The van der Waals surface area contributed by atoms with Gasteiger partial charge in [-0.2, -0.15) is 0 Å². The molecule has 0 saturated heterocycles. The zero-order valence-electron chi connectivity index (χ0n) is 10.8. The van der Waals surface area contributed by atoms with Crippen LogP contribution in [0, 0.1) is 5.82 Å². The lowest BCUT2D eigenvalue weighted by atomic mass is 9.91. The van der Waals surface area contributed by atoms with Crippen LogP contribution in [-0.2, 0) is 21.5 Å². The standard InChI is InChI=1S/C14H18FNO2/c1-3-9-16-14(13(17)18-2)8-7-10-11(14)5-4-6-12(10)15/h4-6,16H,3,7-9H2,1-2H3. The van der Waals surface area contributed by atoms with Crippen LogP contribution in [-0.4, -0.2) is 19.6 Å². The molecule has 0 amide bonds. The number of hydrogen-bond acceptors (Lipinski definition) is 3. The molecule has 18 heavy (non-hydrogen) atoms. The number of methoxy groups -OCH3 is 1. The molecule has 0 aromatic heterocycles. The van der Waals surface area contributed by atoms with Crippen LogP contribution in [0.1, 0.15) is 30.9 Å². The molecule has 3 nitrogen and oxygen atoms in total. The highest BCUT2D eigenvalue weighted by atomic mass is 19.1. The van der Waals surface area contributed by atoms with Gasteiger partial charge in [-0.25, -0.2) is 9.18 Å². The highest BCUT2D eigenvalue weighted by molar-refractivity contribution is 5.84. The molecule has 4 heteroatoms. The summed E-state index contributed by atoms with van der Waals surface area (Å²) in [6, 6.07) is 4.89. The quantitative estimate of drug-likeness (QED) is 0.833. The zero-order chi connectivity index (χ0) is 13.2. The molecule has 1 N–H and O–H groups in total. The van der Waals surface area contributed by atoms with Crippen LogP contribution in [0.4, 0.5) is 4.39 Å². The Morgan fingerprint density at radius 2 is 2.33 bits per heavy atom. The summed E-state index contributed by atoms with van der Waals surface area (Å²) in [4.78, 5) is 12.1. The highest BCUT2D eigenvalue weighted by Crippen LogP contribution is 2.39. The van der Waals surface area contributed by atoms with Crippen molar-refractivity contribution in [3.63, 3.8) is 0 Å². The lowest BCUT2D eigenvalue weighted by molar-refractivity contribution is -0.149. The Hall–Kier alpha value is -1.42. The summed E-state index contributed by atoms with van der Waals surface area (Å²) in [5.74, 6) is -0.572. The summed E-state index contributed by atoms with van der Waals surface area (Å²) >= 11 is 0. The van der Waals surface area contributed by atoms with E-state index in [2.05, 4.69) is 5.32 Å². The number of esters is 1. The molecule has 0 heterocycles. The maximum absolute atomic E-state index is 13.7. The molecular formula is C14H18FNO2. The lowest BCUT2D eigenvalue weighted by Gasteiger charge is -2.28. The lowest BCUT2D eigenvalue weighted by Crippen LogP contribution is -2.48. The van der Waals surface area contributed by atoms with Gasteiger partial charge in [0.05, 0.1) is 7.11 Å². The maximum atomic E-state index is 13.7. The van der Waals surface area contributed by atoms with Crippen molar-refractivity contribution in [3.8, 4) is 0 Å². The van der Waals surface area contributed by atoms with E-state index in [9.17, 15) is 9.18 Å². The molecule has 1 aliphatic rings. The molecule has 0 spiro atoms. The van der Waals surface area contributed by atoms with Gasteiger partial charge in [0, 0.05) is 0 Å². The Kier molecular flexibility index (Phi) is 3.66. The molecule has 0 bridgehead atoms. The van der Waals surface area contributed by atoms with Gasteiger partial charge in [-0.1, -0.05) is 19.1 Å². The minimum absolute atomic E-state index is 0.239. The Morgan fingerprint density at radius 1 is 1.56 bits per heavy atom. The highest BCUT2D eigenvalue weighted by Gasteiger charge is 2.46. The van der Waals surface area contributed by atoms with E-state index in [0.29, 0.717) is 24.9 Å². The van der Waals surface area contributed by atoms with E-state index in [1.54, 1.807) is 6.07 Å². The molecule has 2 rings (SSSR count). The van der Waals surface area contributed by atoms with Gasteiger partial charge in [-0.15, -0.1) is 0 Å². The summed E-state index contributed by atoms with van der Waals surface area (Å²) < 4.78 is 18.7. The van der Waals surface area contributed by atoms with E-state index < -0.39 is 5.54 Å². The Labute approximate surface area is 106 Å². The fraction of sp³-hybridized carbons (Fsp3) is 0.500. The van der Waals surface area contributed by atoms with E-state index in [0.717, 1.165) is 12.0 Å². The maximum Gasteiger partial charge on any atom is 0.330 e. The van der Waals surface area contributed by atoms with Crippen molar-refractivity contribution in [1.82, 2.24) is 5.32 Å². The minimum atomic E-state index is -0.873. The summed E-state index contributed by atoms with van der Waals surface area (Å²) in [6.45, 7) is 2.73. The Bertz CT molecular complexity index is 461. The van der Waals surface area contributed by atoms with Gasteiger partial charge in [0.25, 0.3) is 0 Å². The number of ether oxygens (including phenoxy) is 1. The third-order valence-electron chi connectivity index (χ3n) is 3.54. The number of carbonyl (C=O) groups excluding carboxylic acids is 1. The first kappa shape index (κ1) is 13.0. The number of halogens is 1. The predicted octanol–water partition coefficient (Wildman–Crippen LogP) is 2.14. The summed E-state index contributed by atoms with van der Waals surface area (Å²) in [5.41, 5.74) is 0.483. The molecule has 1 aliphatic carbocycles. The van der Waals surface area contributed by atoms with Crippen LogP contribution >= 0.6 is 0 Å². The average molecular weight is 251 g/mol. The van der Waals surface area contributed by atoms with Crippen LogP contribution in [0.3, 0.4) is 0 Å². The monoisotopic (exact) mass is 251 g/mol. The summed E-state index contributed by atoms with van der Waals surface area (Å²) in [6.07, 6.45) is 2.02. The fourth-order valence-corrected chi connectivity index (χ4v) is 2.64. The number of carbonyl (C=O) groups is 1. The van der Waals surface area contributed by atoms with Gasteiger partial charge in [0.2, 0.25) is 0 Å². The van der Waals surface area contributed by atoms with Crippen LogP contribution < -0.4 is 5.32 Å². The second-order valence-corrected chi connectivity index (χ2v) is 4.59. The van der Waals surface area contributed by atoms with E-state index >= 15 is 0 Å². The zero-order valence-corrected chi connectivity index (χ0v) is 10.8. The summed E-state index contributed by atoms with van der Waals surface area (Å²) in [7, 11) is 1.37. The number of rotatable bonds is 4. The normalized spacial score (nSPS) is 21.7. The largest absolute Gasteiger partial charge is 0.467 e. The molecule has 98 valence electrons. The molecule has 0 saturated carbocycles. The van der Waals surface area contributed by atoms with Gasteiger partial charge in [0.15, 0.2) is 0 Å². The molecule has 0 fully saturated rings. The summed E-state index contributed by atoms with van der Waals surface area (Å²) in [5, 5.41) is 3.24. The van der Waals surface area contributed by atoms with Crippen molar-refractivity contribution in [2.75, 3.05) is 13.7 Å². The van der Waals surface area contributed by atoms with Crippen molar-refractivity contribution in [2.45, 2.75) is 31.7 Å². The smallest absolute Gasteiger partial charge is 0.330 e. The van der Waals surface area contributed by atoms with E-state index in [-0.39, 0.29) is 11.8 Å². The van der Waals surface area contributed by atoms with Crippen molar-refractivity contribution < 1.29 is 13.9 Å². The van der Waals surface area contributed by atoms with Gasteiger partial charge < -0.3 is 4.74 Å². The van der Waals surface area contributed by atoms with Crippen LogP contribution in [0.5, 0.6) is 0 Å². The van der Waals surface area contributed by atoms with E-state index in [1.165, 1.54) is 13.2 Å². The Balaban J connectivity index is 2.46. The van der Waals surface area contributed by atoms with Crippen LogP contribution in [0.25, 0.3) is 0 Å². The molecular weight excluding hydrogens is 233 g/mol. The Morgan fingerprint density at radius 3 is 3.00 bits per heavy atom. The van der Waals surface area contributed by atoms with Crippen molar-refractivity contribution in [2.24, 2.45) is 0 Å². The number of fused-ring (bicyclic) bond motifs is 1. The third kappa shape index (κ3) is 1.90. The topological polar surface area (TPSA) is 38.3 Å². The van der Waals surface area contributed by atoms with E-state index in [1.807, 2.05) is 13.0 Å². The average Bonchev–Trinajstić information content (AvgIpc) is 2.77. The second-order valence-electron chi connectivity index (χ2n) is 4.59. The van der Waals surface area contributed by atoms with Crippen LogP contribution in [0.15, 0.2) is 18.2 Å². The van der Waals surface area contributed by atoms with E-state index in [4.69, 9.17) is 4.74 Å². The van der Waals surface area contributed by atoms with Crippen molar-refractivity contribution in [1.29, 1.82) is 0 Å². The molecule has 1 atom stereocenters. The van der Waals surface area contributed by atoms with Crippen molar-refractivity contribution >= 4 is 5.97 Å². The number of hydrogen-bond donors (Lipinski definition) is 1. The first-order valence-electron chi connectivity index (χ1n) is 6.27. The van der Waals surface area contributed by atoms with Crippen LogP contribution in [0.2, 0.25) is 0 Å². The number of nitrogens with one attached hydrogen (secondary N) is 1. The van der Waals surface area contributed by atoms with Crippen molar-refractivity contribution in [3.05, 3.63) is 35.1 Å². The van der Waals surface area contributed by atoms with Gasteiger partial charge in [-0.3, -0.25) is 5.32 Å². The molecule has 1 aromatic rings. The predicted molar refractivity (Wildman–Crippen MR) is 66.7 cm³/mol. The van der Waals surface area contributed by atoms with Gasteiger partial charge in [-0.05, 0) is 43.0 Å².